The van der Waals surface area contributed by atoms with Crippen LogP contribution in [0, 0.1) is 23.0 Å². The van der Waals surface area contributed by atoms with E-state index in [2.05, 4.69) is 5.32 Å². The molecule has 0 aliphatic heterocycles. The number of phenols is 1. The van der Waals surface area contributed by atoms with Gasteiger partial charge in [-0.05, 0) is 42.0 Å². The third-order valence-electron chi connectivity index (χ3n) is 2.52. The van der Waals surface area contributed by atoms with Gasteiger partial charge in [0, 0.05) is 11.8 Å². The van der Waals surface area contributed by atoms with Crippen LogP contribution in [0.4, 0.5) is 14.5 Å². The molecule has 96 valence electrons. The molecule has 0 aromatic heterocycles. The predicted octanol–water partition coefficient (Wildman–Crippen LogP) is 3.35. The molecule has 5 heteroatoms. The molecule has 1 atom stereocenters. The molecular weight excluding hydrogens is 250 g/mol. The highest BCUT2D eigenvalue weighted by atomic mass is 19.1. The molecule has 0 spiro atoms. The normalized spacial score (nSPS) is 11.6. The van der Waals surface area contributed by atoms with Gasteiger partial charge in [0.2, 0.25) is 0 Å². The first kappa shape index (κ1) is 12.8. The Bertz CT molecular complexity index is 600. The topological polar surface area (TPSA) is 56.0 Å². The highest BCUT2D eigenvalue weighted by molar-refractivity contribution is 5.48. The van der Waals surface area contributed by atoms with E-state index in [1.807, 2.05) is 6.07 Å². The molecule has 0 fully saturated rings. The Morgan fingerprint density at radius 1 is 1.05 bits per heavy atom. The average molecular weight is 260 g/mol. The maximum absolute atomic E-state index is 13.2. The van der Waals surface area contributed by atoms with Crippen molar-refractivity contribution in [1.29, 1.82) is 5.26 Å². The van der Waals surface area contributed by atoms with Crippen molar-refractivity contribution in [1.82, 2.24) is 0 Å². The van der Waals surface area contributed by atoms with Gasteiger partial charge >= 0.3 is 0 Å². The molecule has 2 N–H and O–H groups in total. The summed E-state index contributed by atoms with van der Waals surface area (Å²) in [5.41, 5.74) is 0.820. The molecule has 1 unspecified atom stereocenters. The Morgan fingerprint density at radius 2 is 1.74 bits per heavy atom. The first-order chi connectivity index (χ1) is 9.08. The highest BCUT2D eigenvalue weighted by Gasteiger charge is 2.12. The standard InChI is InChI=1S/C14H10F2N2O/c15-10-1-3-12(4-2-10)18-14(8-17)9-5-11(16)7-13(19)6-9/h1-7,14,18-19H. The van der Waals surface area contributed by atoms with Crippen LogP contribution in [0.1, 0.15) is 11.6 Å². The lowest BCUT2D eigenvalue weighted by Crippen LogP contribution is -2.08. The molecule has 0 radical (unpaired) electrons. The Labute approximate surface area is 108 Å². The second-order valence-electron chi connectivity index (χ2n) is 3.96. The molecular formula is C14H10F2N2O. The van der Waals surface area contributed by atoms with Gasteiger partial charge in [0.25, 0.3) is 0 Å². The summed E-state index contributed by atoms with van der Waals surface area (Å²) in [6.45, 7) is 0. The molecule has 0 bridgehead atoms. The minimum Gasteiger partial charge on any atom is -0.508 e. The van der Waals surface area contributed by atoms with Gasteiger partial charge in [-0.25, -0.2) is 8.78 Å². The van der Waals surface area contributed by atoms with Crippen molar-refractivity contribution in [2.75, 3.05) is 5.32 Å². The summed E-state index contributed by atoms with van der Waals surface area (Å²) in [5, 5.41) is 21.2. The second kappa shape index (κ2) is 5.36. The van der Waals surface area contributed by atoms with Gasteiger partial charge in [-0.1, -0.05) is 0 Å². The Hall–Kier alpha value is -2.61. The van der Waals surface area contributed by atoms with Crippen LogP contribution in [-0.4, -0.2) is 5.11 Å². The fourth-order valence-electron chi connectivity index (χ4n) is 1.67. The third-order valence-corrected chi connectivity index (χ3v) is 2.52. The quantitative estimate of drug-likeness (QED) is 0.889. The van der Waals surface area contributed by atoms with Gasteiger partial charge in [-0.2, -0.15) is 5.26 Å². The SMILES string of the molecule is N#CC(Nc1ccc(F)cc1)c1cc(O)cc(F)c1. The fraction of sp³-hybridized carbons (Fsp3) is 0.0714. The number of benzene rings is 2. The van der Waals surface area contributed by atoms with Gasteiger partial charge in [0.05, 0.1) is 6.07 Å². The number of phenolic OH excluding ortho intramolecular Hbond substituents is 1. The first-order valence-electron chi connectivity index (χ1n) is 5.49. The van der Waals surface area contributed by atoms with E-state index in [4.69, 9.17) is 5.26 Å². The molecule has 0 heterocycles. The zero-order valence-corrected chi connectivity index (χ0v) is 9.77. The van der Waals surface area contributed by atoms with E-state index >= 15 is 0 Å². The monoisotopic (exact) mass is 260 g/mol. The minimum absolute atomic E-state index is 0.254. The summed E-state index contributed by atoms with van der Waals surface area (Å²) in [7, 11) is 0. The number of rotatable bonds is 3. The lowest BCUT2D eigenvalue weighted by Gasteiger charge is -2.13. The highest BCUT2D eigenvalue weighted by Crippen LogP contribution is 2.23. The van der Waals surface area contributed by atoms with Crippen LogP contribution in [0.15, 0.2) is 42.5 Å². The van der Waals surface area contributed by atoms with Gasteiger partial charge in [0.15, 0.2) is 0 Å². The first-order valence-corrected chi connectivity index (χ1v) is 5.49. The number of nitrogens with one attached hydrogen (secondary N) is 1. The van der Waals surface area contributed by atoms with Gasteiger partial charge in [-0.15, -0.1) is 0 Å². The molecule has 0 saturated carbocycles. The maximum Gasteiger partial charge on any atom is 0.140 e. The summed E-state index contributed by atoms with van der Waals surface area (Å²) in [6, 6.07) is 9.96. The van der Waals surface area contributed by atoms with Crippen molar-refractivity contribution in [2.24, 2.45) is 0 Å². The second-order valence-corrected chi connectivity index (χ2v) is 3.96. The van der Waals surface area contributed by atoms with Crippen LogP contribution >= 0.6 is 0 Å². The van der Waals surface area contributed by atoms with E-state index in [1.165, 1.54) is 30.3 Å². The number of hydrogen-bond donors (Lipinski definition) is 2. The van der Waals surface area contributed by atoms with Crippen LogP contribution in [0.3, 0.4) is 0 Å². The summed E-state index contributed by atoms with van der Waals surface area (Å²) < 4.78 is 25.9. The smallest absolute Gasteiger partial charge is 0.140 e. The van der Waals surface area contributed by atoms with Crippen molar-refractivity contribution in [3.05, 3.63) is 59.7 Å². The average Bonchev–Trinajstić information content (AvgIpc) is 2.37. The van der Waals surface area contributed by atoms with Crippen LogP contribution in [0.25, 0.3) is 0 Å². The Balaban J connectivity index is 2.25. The fourth-order valence-corrected chi connectivity index (χ4v) is 1.67. The molecule has 3 nitrogen and oxygen atoms in total. The molecule has 19 heavy (non-hydrogen) atoms. The number of anilines is 1. The number of hydrogen-bond acceptors (Lipinski definition) is 3. The van der Waals surface area contributed by atoms with Crippen molar-refractivity contribution in [3.63, 3.8) is 0 Å². The van der Waals surface area contributed by atoms with E-state index in [1.54, 1.807) is 0 Å². The summed E-state index contributed by atoms with van der Waals surface area (Å²) in [4.78, 5) is 0. The minimum atomic E-state index is -0.841. The van der Waals surface area contributed by atoms with E-state index in [0.717, 1.165) is 12.1 Å². The van der Waals surface area contributed by atoms with Gasteiger partial charge in [-0.3, -0.25) is 0 Å². The van der Waals surface area contributed by atoms with Gasteiger partial charge < -0.3 is 10.4 Å². The lowest BCUT2D eigenvalue weighted by atomic mass is 10.1. The van der Waals surface area contributed by atoms with E-state index < -0.39 is 11.9 Å². The Morgan fingerprint density at radius 3 is 2.32 bits per heavy atom. The molecule has 0 amide bonds. The number of halogens is 2. The van der Waals surface area contributed by atoms with Crippen LogP contribution < -0.4 is 5.32 Å². The van der Waals surface area contributed by atoms with Gasteiger partial charge in [0.1, 0.15) is 23.4 Å². The predicted molar refractivity (Wildman–Crippen MR) is 66.4 cm³/mol. The molecule has 2 rings (SSSR count). The van der Waals surface area contributed by atoms with Crippen molar-refractivity contribution >= 4 is 5.69 Å². The van der Waals surface area contributed by atoms with Crippen molar-refractivity contribution < 1.29 is 13.9 Å². The summed E-state index contributed by atoms with van der Waals surface area (Å²) >= 11 is 0. The summed E-state index contributed by atoms with van der Waals surface area (Å²) in [6.07, 6.45) is 0. The zero-order chi connectivity index (χ0) is 13.8. The van der Waals surface area contributed by atoms with Crippen molar-refractivity contribution in [3.8, 4) is 11.8 Å². The molecule has 2 aromatic carbocycles. The molecule has 0 aliphatic rings. The summed E-state index contributed by atoms with van der Waals surface area (Å²) in [5.74, 6) is -1.27. The number of aromatic hydroxyl groups is 1. The zero-order valence-electron chi connectivity index (χ0n) is 9.77. The van der Waals surface area contributed by atoms with Crippen molar-refractivity contribution in [2.45, 2.75) is 6.04 Å². The number of nitrogens with zero attached hydrogens (tertiary/aromatic N) is 1. The number of nitriles is 1. The molecule has 0 aliphatic carbocycles. The van der Waals surface area contributed by atoms with Crippen LogP contribution in [0.5, 0.6) is 5.75 Å². The van der Waals surface area contributed by atoms with Crippen LogP contribution in [0.2, 0.25) is 0 Å². The van der Waals surface area contributed by atoms with E-state index in [0.29, 0.717) is 11.3 Å². The van der Waals surface area contributed by atoms with E-state index in [9.17, 15) is 13.9 Å². The van der Waals surface area contributed by atoms with Crippen LogP contribution in [-0.2, 0) is 0 Å². The Kier molecular flexibility index (Phi) is 3.62. The third kappa shape index (κ3) is 3.19. The largest absolute Gasteiger partial charge is 0.508 e. The molecule has 2 aromatic rings. The molecule has 0 saturated heterocycles. The maximum atomic E-state index is 13.2. The van der Waals surface area contributed by atoms with E-state index in [-0.39, 0.29) is 11.6 Å². The lowest BCUT2D eigenvalue weighted by molar-refractivity contribution is 0.468.